The zero-order valence-corrected chi connectivity index (χ0v) is 7.01. The number of ether oxygens (including phenoxy) is 1. The maximum absolute atomic E-state index is 12.7. The largest absolute Gasteiger partial charge is 0.465 e. The molecule has 0 rings (SSSR count). The van der Waals surface area contributed by atoms with Crippen LogP contribution in [0.1, 0.15) is 19.8 Å². The molecule has 0 aromatic rings. The Bertz CT molecular complexity index is 159. The van der Waals surface area contributed by atoms with Gasteiger partial charge in [0.2, 0.25) is 0 Å². The Morgan fingerprint density at radius 3 is 2.50 bits per heavy atom. The number of rotatable bonds is 4. The number of hydrogen-bond donors (Lipinski definition) is 1. The molecule has 1 unspecified atom stereocenters. The molecule has 3 nitrogen and oxygen atoms in total. The van der Waals surface area contributed by atoms with E-state index in [2.05, 4.69) is 4.74 Å². The third kappa shape index (κ3) is 2.41. The lowest BCUT2D eigenvalue weighted by Gasteiger charge is -2.18. The Morgan fingerprint density at radius 2 is 2.17 bits per heavy atom. The number of alkyl halides is 2. The van der Waals surface area contributed by atoms with Crippen LogP contribution in [0.3, 0.4) is 0 Å². The smallest absolute Gasteiger partial charge is 0.379 e. The molecule has 0 aromatic heterocycles. The molecule has 0 fully saturated rings. The molecule has 0 aliphatic carbocycles. The van der Waals surface area contributed by atoms with Crippen molar-refractivity contribution >= 4 is 5.97 Å². The SMILES string of the molecule is CCCC(O)C(F)(F)C(=O)OC. The summed E-state index contributed by atoms with van der Waals surface area (Å²) in [6.45, 7) is 1.64. The Labute approximate surface area is 69.3 Å². The summed E-state index contributed by atoms with van der Waals surface area (Å²) < 4.78 is 29.2. The van der Waals surface area contributed by atoms with E-state index in [9.17, 15) is 13.6 Å². The van der Waals surface area contributed by atoms with E-state index in [-0.39, 0.29) is 6.42 Å². The minimum Gasteiger partial charge on any atom is -0.465 e. The van der Waals surface area contributed by atoms with Crippen LogP contribution in [-0.4, -0.2) is 30.2 Å². The van der Waals surface area contributed by atoms with Crippen molar-refractivity contribution < 1.29 is 23.4 Å². The zero-order chi connectivity index (χ0) is 9.78. The maximum atomic E-state index is 12.7. The molecule has 0 amide bonds. The fourth-order valence-electron chi connectivity index (χ4n) is 0.727. The summed E-state index contributed by atoms with van der Waals surface area (Å²) in [6, 6.07) is 0. The minimum atomic E-state index is -3.79. The van der Waals surface area contributed by atoms with Gasteiger partial charge < -0.3 is 9.84 Å². The van der Waals surface area contributed by atoms with E-state index < -0.39 is 18.0 Å². The van der Waals surface area contributed by atoms with Gasteiger partial charge in [-0.2, -0.15) is 8.78 Å². The average Bonchev–Trinajstić information content (AvgIpc) is 2.03. The van der Waals surface area contributed by atoms with Crippen LogP contribution in [0.5, 0.6) is 0 Å². The van der Waals surface area contributed by atoms with E-state index in [1.807, 2.05) is 0 Å². The summed E-state index contributed by atoms with van der Waals surface area (Å²) in [5, 5.41) is 8.83. The van der Waals surface area contributed by atoms with E-state index in [0.29, 0.717) is 6.42 Å². The van der Waals surface area contributed by atoms with E-state index in [1.165, 1.54) is 0 Å². The molecule has 72 valence electrons. The molecule has 1 atom stereocenters. The molecule has 0 radical (unpaired) electrons. The number of carbonyl (C=O) groups excluding carboxylic acids is 1. The first kappa shape index (κ1) is 11.3. The number of aliphatic hydroxyl groups is 1. The monoisotopic (exact) mass is 182 g/mol. The van der Waals surface area contributed by atoms with Gasteiger partial charge in [-0.1, -0.05) is 13.3 Å². The second kappa shape index (κ2) is 4.35. The van der Waals surface area contributed by atoms with Gasteiger partial charge in [0.15, 0.2) is 0 Å². The van der Waals surface area contributed by atoms with Gasteiger partial charge in [0, 0.05) is 0 Å². The number of methoxy groups -OCH3 is 1. The topological polar surface area (TPSA) is 46.5 Å². The molecule has 0 heterocycles. The molecule has 0 aliphatic rings. The van der Waals surface area contributed by atoms with Crippen molar-refractivity contribution in [2.24, 2.45) is 0 Å². The normalized spacial score (nSPS) is 14.1. The van der Waals surface area contributed by atoms with Crippen LogP contribution in [0.15, 0.2) is 0 Å². The summed E-state index contributed by atoms with van der Waals surface area (Å²) in [5.74, 6) is -5.48. The lowest BCUT2D eigenvalue weighted by atomic mass is 10.1. The second-order valence-electron chi connectivity index (χ2n) is 2.42. The van der Waals surface area contributed by atoms with Gasteiger partial charge in [-0.25, -0.2) is 4.79 Å². The van der Waals surface area contributed by atoms with Gasteiger partial charge in [0.05, 0.1) is 7.11 Å². The summed E-state index contributed by atoms with van der Waals surface area (Å²) >= 11 is 0. The molecule has 0 aromatic carbocycles. The van der Waals surface area contributed by atoms with Gasteiger partial charge >= 0.3 is 11.9 Å². The number of esters is 1. The fraction of sp³-hybridized carbons (Fsp3) is 0.857. The van der Waals surface area contributed by atoms with Gasteiger partial charge in [0.25, 0.3) is 0 Å². The van der Waals surface area contributed by atoms with E-state index in [4.69, 9.17) is 5.11 Å². The third-order valence-electron chi connectivity index (χ3n) is 1.44. The van der Waals surface area contributed by atoms with Gasteiger partial charge in [-0.3, -0.25) is 0 Å². The molecular formula is C7H12F2O3. The molecule has 0 bridgehead atoms. The lowest BCUT2D eigenvalue weighted by molar-refractivity contribution is -0.186. The highest BCUT2D eigenvalue weighted by Gasteiger charge is 2.47. The molecule has 1 N–H and O–H groups in total. The molecule has 0 aliphatic heterocycles. The van der Waals surface area contributed by atoms with Crippen molar-refractivity contribution in [3.05, 3.63) is 0 Å². The Balaban J connectivity index is 4.26. The van der Waals surface area contributed by atoms with Crippen LogP contribution in [-0.2, 0) is 9.53 Å². The lowest BCUT2D eigenvalue weighted by Crippen LogP contribution is -2.42. The molecule has 12 heavy (non-hydrogen) atoms. The number of hydrogen-bond acceptors (Lipinski definition) is 3. The molecule has 5 heteroatoms. The first-order chi connectivity index (χ1) is 5.46. The highest BCUT2D eigenvalue weighted by Crippen LogP contribution is 2.23. The van der Waals surface area contributed by atoms with Crippen LogP contribution in [0, 0.1) is 0 Å². The fourth-order valence-corrected chi connectivity index (χ4v) is 0.727. The molecule has 0 saturated carbocycles. The van der Waals surface area contributed by atoms with Gasteiger partial charge in [0.1, 0.15) is 6.10 Å². The Hall–Kier alpha value is -0.710. The molecule has 0 spiro atoms. The molecule has 0 saturated heterocycles. The van der Waals surface area contributed by atoms with Crippen molar-refractivity contribution in [1.29, 1.82) is 0 Å². The quantitative estimate of drug-likeness (QED) is 0.658. The highest BCUT2D eigenvalue weighted by atomic mass is 19.3. The minimum absolute atomic E-state index is 0.123. The first-order valence-electron chi connectivity index (χ1n) is 3.61. The number of aliphatic hydroxyl groups excluding tert-OH is 1. The average molecular weight is 182 g/mol. The maximum Gasteiger partial charge on any atom is 0.379 e. The second-order valence-corrected chi connectivity index (χ2v) is 2.42. The van der Waals surface area contributed by atoms with Crippen LogP contribution < -0.4 is 0 Å². The van der Waals surface area contributed by atoms with Crippen LogP contribution >= 0.6 is 0 Å². The van der Waals surface area contributed by atoms with E-state index in [0.717, 1.165) is 7.11 Å². The van der Waals surface area contributed by atoms with Crippen molar-refractivity contribution in [1.82, 2.24) is 0 Å². The van der Waals surface area contributed by atoms with Crippen molar-refractivity contribution in [2.45, 2.75) is 31.8 Å². The summed E-state index contributed by atoms with van der Waals surface area (Å²) in [7, 11) is 0.856. The summed E-state index contributed by atoms with van der Waals surface area (Å²) in [6.07, 6.45) is -1.69. The van der Waals surface area contributed by atoms with Crippen molar-refractivity contribution in [3.63, 3.8) is 0 Å². The van der Waals surface area contributed by atoms with Crippen LogP contribution in [0.2, 0.25) is 0 Å². The zero-order valence-electron chi connectivity index (χ0n) is 7.01. The number of halogens is 2. The van der Waals surface area contributed by atoms with Crippen molar-refractivity contribution in [2.75, 3.05) is 7.11 Å². The third-order valence-corrected chi connectivity index (χ3v) is 1.44. The molecular weight excluding hydrogens is 170 g/mol. The van der Waals surface area contributed by atoms with E-state index in [1.54, 1.807) is 6.92 Å². The van der Waals surface area contributed by atoms with Crippen LogP contribution in [0.4, 0.5) is 8.78 Å². The predicted molar refractivity (Wildman–Crippen MR) is 37.9 cm³/mol. The van der Waals surface area contributed by atoms with Crippen molar-refractivity contribution in [3.8, 4) is 0 Å². The summed E-state index contributed by atoms with van der Waals surface area (Å²) in [5.41, 5.74) is 0. The Morgan fingerprint density at radius 1 is 1.67 bits per heavy atom. The first-order valence-corrected chi connectivity index (χ1v) is 3.61. The predicted octanol–water partition coefficient (Wildman–Crippen LogP) is 0.956. The van der Waals surface area contributed by atoms with Gasteiger partial charge in [-0.15, -0.1) is 0 Å². The summed E-state index contributed by atoms with van der Waals surface area (Å²) in [4.78, 5) is 10.4. The Kier molecular flexibility index (Phi) is 4.09. The standard InChI is InChI=1S/C7H12F2O3/c1-3-4-5(10)7(8,9)6(11)12-2/h5,10H,3-4H2,1-2H3. The highest BCUT2D eigenvalue weighted by molar-refractivity contribution is 5.78. The van der Waals surface area contributed by atoms with Gasteiger partial charge in [-0.05, 0) is 6.42 Å². The number of carbonyl (C=O) groups is 1. The van der Waals surface area contributed by atoms with Crippen LogP contribution in [0.25, 0.3) is 0 Å². The van der Waals surface area contributed by atoms with E-state index >= 15 is 0 Å².